The van der Waals surface area contributed by atoms with E-state index in [2.05, 4.69) is 49.2 Å². The molecular formula is C17H29N3O. The summed E-state index contributed by atoms with van der Waals surface area (Å²) in [5, 5.41) is 0. The minimum Gasteiger partial charge on any atom is -0.349 e. The van der Waals surface area contributed by atoms with E-state index < -0.39 is 0 Å². The van der Waals surface area contributed by atoms with Crippen molar-refractivity contribution in [3.8, 4) is 0 Å². The molecule has 2 rings (SSSR count). The van der Waals surface area contributed by atoms with Crippen molar-refractivity contribution >= 4 is 5.78 Å². The van der Waals surface area contributed by atoms with Gasteiger partial charge in [-0.2, -0.15) is 0 Å². The SMILES string of the molecule is CCn1c(C)cc(C(=O)CN2CCC(N(C)C)CC2)c1C. The minimum atomic E-state index is 0.270. The lowest BCUT2D eigenvalue weighted by atomic mass is 10.0. The molecule has 0 aromatic carbocycles. The van der Waals surface area contributed by atoms with Crippen LogP contribution >= 0.6 is 0 Å². The number of hydrogen-bond acceptors (Lipinski definition) is 3. The smallest absolute Gasteiger partial charge is 0.178 e. The third kappa shape index (κ3) is 3.55. The average Bonchev–Trinajstić information content (AvgIpc) is 2.74. The molecular weight excluding hydrogens is 262 g/mol. The Hall–Kier alpha value is -1.13. The number of piperidine rings is 1. The van der Waals surface area contributed by atoms with E-state index >= 15 is 0 Å². The molecule has 2 heterocycles. The lowest BCUT2D eigenvalue weighted by molar-refractivity contribution is 0.0873. The fourth-order valence-electron chi connectivity index (χ4n) is 3.45. The van der Waals surface area contributed by atoms with Crippen LogP contribution in [0, 0.1) is 13.8 Å². The Balaban J connectivity index is 1.97. The van der Waals surface area contributed by atoms with Gasteiger partial charge in [0.05, 0.1) is 6.54 Å². The maximum Gasteiger partial charge on any atom is 0.178 e. The van der Waals surface area contributed by atoms with Crippen molar-refractivity contribution in [2.75, 3.05) is 33.7 Å². The summed E-state index contributed by atoms with van der Waals surface area (Å²) >= 11 is 0. The number of rotatable bonds is 5. The molecule has 0 N–H and O–H groups in total. The van der Waals surface area contributed by atoms with Crippen LogP contribution in [0.5, 0.6) is 0 Å². The van der Waals surface area contributed by atoms with Crippen molar-refractivity contribution in [3.05, 3.63) is 23.0 Å². The first-order chi connectivity index (χ1) is 9.93. The molecule has 1 aliphatic rings. The van der Waals surface area contributed by atoms with Gasteiger partial charge in [-0.05, 0) is 53.8 Å². The predicted molar refractivity (Wildman–Crippen MR) is 87.1 cm³/mol. The molecule has 4 nitrogen and oxygen atoms in total. The molecule has 1 fully saturated rings. The van der Waals surface area contributed by atoms with E-state index in [0.29, 0.717) is 12.6 Å². The summed E-state index contributed by atoms with van der Waals surface area (Å²) < 4.78 is 2.21. The Morgan fingerprint density at radius 3 is 2.38 bits per heavy atom. The van der Waals surface area contributed by atoms with Gasteiger partial charge < -0.3 is 9.47 Å². The molecule has 0 spiro atoms. The van der Waals surface area contributed by atoms with Gasteiger partial charge in [0.25, 0.3) is 0 Å². The quantitative estimate of drug-likeness (QED) is 0.780. The Morgan fingerprint density at radius 2 is 1.90 bits per heavy atom. The maximum atomic E-state index is 12.6. The highest BCUT2D eigenvalue weighted by molar-refractivity contribution is 5.99. The van der Waals surface area contributed by atoms with Gasteiger partial charge in [0.2, 0.25) is 0 Å². The van der Waals surface area contributed by atoms with Crippen LogP contribution in [0.4, 0.5) is 0 Å². The van der Waals surface area contributed by atoms with Gasteiger partial charge in [-0.25, -0.2) is 0 Å². The summed E-state index contributed by atoms with van der Waals surface area (Å²) in [6.45, 7) is 9.81. The first-order valence-electron chi connectivity index (χ1n) is 8.02. The molecule has 0 radical (unpaired) electrons. The second-order valence-electron chi connectivity index (χ2n) is 6.42. The summed E-state index contributed by atoms with van der Waals surface area (Å²) in [6, 6.07) is 2.72. The Labute approximate surface area is 128 Å². The molecule has 1 aromatic heterocycles. The topological polar surface area (TPSA) is 28.5 Å². The van der Waals surface area contributed by atoms with Crippen LogP contribution in [0.1, 0.15) is 41.5 Å². The zero-order valence-electron chi connectivity index (χ0n) is 14.1. The molecule has 0 atom stereocenters. The third-order valence-corrected chi connectivity index (χ3v) is 4.84. The van der Waals surface area contributed by atoms with E-state index in [0.717, 1.165) is 43.7 Å². The van der Waals surface area contributed by atoms with Crippen LogP contribution in [0.2, 0.25) is 0 Å². The van der Waals surface area contributed by atoms with Gasteiger partial charge in [0.1, 0.15) is 0 Å². The number of likely N-dealkylation sites (tertiary alicyclic amines) is 1. The number of nitrogens with zero attached hydrogens (tertiary/aromatic N) is 3. The van der Waals surface area contributed by atoms with Crippen LogP contribution in [-0.2, 0) is 6.54 Å². The van der Waals surface area contributed by atoms with Crippen molar-refractivity contribution in [1.29, 1.82) is 0 Å². The van der Waals surface area contributed by atoms with E-state index in [1.54, 1.807) is 0 Å². The van der Waals surface area contributed by atoms with Crippen molar-refractivity contribution in [2.45, 2.75) is 46.2 Å². The molecule has 1 aromatic rings. The molecule has 118 valence electrons. The molecule has 0 amide bonds. The number of ketones is 1. The monoisotopic (exact) mass is 291 g/mol. The summed E-state index contributed by atoms with van der Waals surface area (Å²) in [7, 11) is 4.29. The lowest BCUT2D eigenvalue weighted by Crippen LogP contribution is -2.43. The maximum absolute atomic E-state index is 12.6. The van der Waals surface area contributed by atoms with E-state index in [-0.39, 0.29) is 5.78 Å². The predicted octanol–water partition coefficient (Wildman–Crippen LogP) is 2.33. The van der Waals surface area contributed by atoms with Crippen molar-refractivity contribution in [3.63, 3.8) is 0 Å². The molecule has 0 bridgehead atoms. The summed E-state index contributed by atoms with van der Waals surface area (Å²) in [5.74, 6) is 0.270. The summed E-state index contributed by atoms with van der Waals surface area (Å²) in [4.78, 5) is 17.2. The lowest BCUT2D eigenvalue weighted by Gasteiger charge is -2.34. The highest BCUT2D eigenvalue weighted by Crippen LogP contribution is 2.18. The normalized spacial score (nSPS) is 17.6. The number of Topliss-reactive ketones (excluding diaryl/α,β-unsaturated/α-hetero) is 1. The third-order valence-electron chi connectivity index (χ3n) is 4.84. The molecule has 4 heteroatoms. The fraction of sp³-hybridized carbons (Fsp3) is 0.706. The van der Waals surface area contributed by atoms with Crippen LogP contribution in [0.3, 0.4) is 0 Å². The fourth-order valence-corrected chi connectivity index (χ4v) is 3.45. The number of aryl methyl sites for hydroxylation is 1. The first-order valence-corrected chi connectivity index (χ1v) is 8.02. The number of carbonyl (C=O) groups is 1. The first kappa shape index (κ1) is 16.2. The van der Waals surface area contributed by atoms with Gasteiger partial charge in [0, 0.05) is 42.6 Å². The van der Waals surface area contributed by atoms with Crippen LogP contribution in [0.15, 0.2) is 6.07 Å². The molecule has 0 aliphatic carbocycles. The van der Waals surface area contributed by atoms with Gasteiger partial charge >= 0.3 is 0 Å². The van der Waals surface area contributed by atoms with E-state index in [1.165, 1.54) is 5.69 Å². The van der Waals surface area contributed by atoms with Crippen LogP contribution in [0.25, 0.3) is 0 Å². The molecule has 0 unspecified atom stereocenters. The Kier molecular flexibility index (Phi) is 5.22. The van der Waals surface area contributed by atoms with E-state index in [9.17, 15) is 4.79 Å². The minimum absolute atomic E-state index is 0.270. The standard InChI is InChI=1S/C17H29N3O/c1-6-20-13(2)11-16(14(20)3)17(21)12-19-9-7-15(8-10-19)18(4)5/h11,15H,6-10,12H2,1-5H3. The van der Waals surface area contributed by atoms with E-state index in [4.69, 9.17) is 0 Å². The molecule has 1 aliphatic heterocycles. The Bertz CT molecular complexity index is 496. The van der Waals surface area contributed by atoms with Crippen LogP contribution < -0.4 is 0 Å². The summed E-state index contributed by atoms with van der Waals surface area (Å²) in [6.07, 6.45) is 2.32. The zero-order chi connectivity index (χ0) is 15.6. The zero-order valence-corrected chi connectivity index (χ0v) is 14.1. The van der Waals surface area contributed by atoms with E-state index in [1.807, 2.05) is 6.07 Å². The average molecular weight is 291 g/mol. The van der Waals surface area contributed by atoms with Crippen molar-refractivity contribution in [1.82, 2.24) is 14.4 Å². The summed E-state index contributed by atoms with van der Waals surface area (Å²) in [5.41, 5.74) is 3.21. The molecule has 1 saturated heterocycles. The second-order valence-corrected chi connectivity index (χ2v) is 6.42. The van der Waals surface area contributed by atoms with Crippen molar-refractivity contribution < 1.29 is 4.79 Å². The number of aromatic nitrogens is 1. The Morgan fingerprint density at radius 1 is 1.29 bits per heavy atom. The van der Waals surface area contributed by atoms with Gasteiger partial charge in [0.15, 0.2) is 5.78 Å². The van der Waals surface area contributed by atoms with Gasteiger partial charge in [-0.15, -0.1) is 0 Å². The second kappa shape index (κ2) is 6.75. The molecule has 21 heavy (non-hydrogen) atoms. The largest absolute Gasteiger partial charge is 0.349 e. The number of hydrogen-bond donors (Lipinski definition) is 0. The van der Waals surface area contributed by atoms with Crippen LogP contribution in [-0.4, -0.2) is 59.9 Å². The van der Waals surface area contributed by atoms with Crippen molar-refractivity contribution in [2.24, 2.45) is 0 Å². The van der Waals surface area contributed by atoms with Gasteiger partial charge in [-0.3, -0.25) is 9.69 Å². The number of carbonyl (C=O) groups excluding carboxylic acids is 1. The highest BCUT2D eigenvalue weighted by atomic mass is 16.1. The molecule has 0 saturated carbocycles. The highest BCUT2D eigenvalue weighted by Gasteiger charge is 2.23. The van der Waals surface area contributed by atoms with Gasteiger partial charge in [-0.1, -0.05) is 0 Å².